The molecule has 0 saturated heterocycles. The van der Waals surface area contributed by atoms with Crippen molar-refractivity contribution < 1.29 is 9.47 Å². The molecule has 5 aromatic rings. The highest BCUT2D eigenvalue weighted by atomic mass is 16.6. The summed E-state index contributed by atoms with van der Waals surface area (Å²) in [6, 6.07) is 36.5. The Hall–Kier alpha value is -5.60. The molecular formula is C46H36O2. The van der Waals surface area contributed by atoms with Gasteiger partial charge in [-0.05, 0) is 87.7 Å². The second-order valence-corrected chi connectivity index (χ2v) is 13.2. The van der Waals surface area contributed by atoms with Crippen LogP contribution in [0.2, 0.25) is 0 Å². The van der Waals surface area contributed by atoms with Crippen LogP contribution in [0, 0.1) is 5.92 Å². The Morgan fingerprint density at radius 1 is 0.792 bits per heavy atom. The largest absolute Gasteiger partial charge is 0.450 e. The maximum absolute atomic E-state index is 6.95. The van der Waals surface area contributed by atoms with E-state index in [0.717, 1.165) is 58.1 Å². The molecule has 3 unspecified atom stereocenters. The summed E-state index contributed by atoms with van der Waals surface area (Å²) in [5.74, 6) is 3.42. The zero-order valence-corrected chi connectivity index (χ0v) is 27.0. The summed E-state index contributed by atoms with van der Waals surface area (Å²) in [6.45, 7) is 6.59. The normalized spacial score (nSPS) is 21.8. The van der Waals surface area contributed by atoms with Crippen molar-refractivity contribution in [2.45, 2.75) is 31.1 Å². The SMILES string of the molecule is C=C(/C=C(\C)c1ccc2c(c1)Oc1c(ccc3c1C1C=CC=CC1C3(C1=CCCC=C1)c1ccccc1)O2)c1cccc2ccccc12. The van der Waals surface area contributed by atoms with Crippen LogP contribution in [0.1, 0.15) is 53.5 Å². The first-order valence-corrected chi connectivity index (χ1v) is 16.9. The van der Waals surface area contributed by atoms with Crippen molar-refractivity contribution in [1.82, 2.24) is 0 Å². The predicted octanol–water partition coefficient (Wildman–Crippen LogP) is 12.3. The Morgan fingerprint density at radius 2 is 1.60 bits per heavy atom. The third kappa shape index (κ3) is 4.33. The van der Waals surface area contributed by atoms with Gasteiger partial charge >= 0.3 is 0 Å². The van der Waals surface area contributed by atoms with Crippen molar-refractivity contribution in [3.8, 4) is 23.0 Å². The lowest BCUT2D eigenvalue weighted by atomic mass is 9.62. The van der Waals surface area contributed by atoms with E-state index in [2.05, 4.69) is 159 Å². The van der Waals surface area contributed by atoms with Gasteiger partial charge in [-0.3, -0.25) is 0 Å². The monoisotopic (exact) mass is 620 g/mol. The highest BCUT2D eigenvalue weighted by Gasteiger charge is 2.55. The molecule has 0 spiro atoms. The van der Waals surface area contributed by atoms with Crippen molar-refractivity contribution in [2.24, 2.45) is 5.92 Å². The first-order valence-electron chi connectivity index (χ1n) is 16.9. The van der Waals surface area contributed by atoms with E-state index >= 15 is 0 Å². The Morgan fingerprint density at radius 3 is 2.48 bits per heavy atom. The molecule has 0 radical (unpaired) electrons. The second-order valence-electron chi connectivity index (χ2n) is 13.2. The lowest BCUT2D eigenvalue weighted by molar-refractivity contribution is 0.355. The molecule has 2 heteroatoms. The van der Waals surface area contributed by atoms with Crippen LogP contribution < -0.4 is 9.47 Å². The minimum atomic E-state index is -0.332. The molecule has 1 heterocycles. The average molecular weight is 621 g/mol. The van der Waals surface area contributed by atoms with Crippen LogP contribution >= 0.6 is 0 Å². The lowest BCUT2D eigenvalue weighted by Crippen LogP contribution is -2.35. The van der Waals surface area contributed by atoms with Crippen molar-refractivity contribution in [1.29, 1.82) is 0 Å². The summed E-state index contributed by atoms with van der Waals surface area (Å²) in [7, 11) is 0. The van der Waals surface area contributed by atoms with Gasteiger partial charge in [0.1, 0.15) is 0 Å². The minimum Gasteiger partial charge on any atom is -0.450 e. The van der Waals surface area contributed by atoms with Crippen molar-refractivity contribution in [2.75, 3.05) is 0 Å². The van der Waals surface area contributed by atoms with Crippen molar-refractivity contribution in [3.05, 3.63) is 192 Å². The summed E-state index contributed by atoms with van der Waals surface area (Å²) in [6.07, 6.45) is 20.6. The number of benzene rings is 5. The molecule has 0 N–H and O–H groups in total. The van der Waals surface area contributed by atoms with Gasteiger partial charge in [-0.2, -0.15) is 0 Å². The van der Waals surface area contributed by atoms with E-state index in [0.29, 0.717) is 0 Å². The van der Waals surface area contributed by atoms with Gasteiger partial charge in [0.05, 0.1) is 5.41 Å². The van der Waals surface area contributed by atoms with Gasteiger partial charge in [-0.15, -0.1) is 0 Å². The summed E-state index contributed by atoms with van der Waals surface area (Å²) < 4.78 is 13.6. The molecule has 3 aliphatic carbocycles. The van der Waals surface area contributed by atoms with Crippen LogP contribution in [-0.4, -0.2) is 0 Å². The van der Waals surface area contributed by atoms with Gasteiger partial charge in [-0.25, -0.2) is 0 Å². The summed E-state index contributed by atoms with van der Waals surface area (Å²) in [4.78, 5) is 0. The molecule has 48 heavy (non-hydrogen) atoms. The third-order valence-electron chi connectivity index (χ3n) is 10.6. The first kappa shape index (κ1) is 28.6. The predicted molar refractivity (Wildman–Crippen MR) is 198 cm³/mol. The topological polar surface area (TPSA) is 18.5 Å². The molecule has 0 saturated carbocycles. The second kappa shape index (κ2) is 11.3. The summed E-state index contributed by atoms with van der Waals surface area (Å²) >= 11 is 0. The Bertz CT molecular complexity index is 2270. The van der Waals surface area contributed by atoms with Crippen LogP contribution in [0.5, 0.6) is 23.0 Å². The van der Waals surface area contributed by atoms with Gasteiger partial charge in [0, 0.05) is 17.4 Å². The van der Waals surface area contributed by atoms with Crippen LogP contribution in [0.3, 0.4) is 0 Å². The van der Waals surface area contributed by atoms with Crippen molar-refractivity contribution >= 4 is 21.9 Å². The van der Waals surface area contributed by atoms with E-state index in [4.69, 9.17) is 9.47 Å². The van der Waals surface area contributed by atoms with E-state index in [9.17, 15) is 0 Å². The number of allylic oxidation sites excluding steroid dienone is 11. The fourth-order valence-electron chi connectivity index (χ4n) is 8.46. The molecule has 2 nitrogen and oxygen atoms in total. The van der Waals surface area contributed by atoms with Gasteiger partial charge in [0.15, 0.2) is 23.0 Å². The fraction of sp³-hybridized carbons (Fsp3) is 0.130. The van der Waals surface area contributed by atoms with Crippen molar-refractivity contribution in [3.63, 3.8) is 0 Å². The molecule has 0 bridgehead atoms. The number of hydrogen-bond donors (Lipinski definition) is 0. The zero-order chi connectivity index (χ0) is 32.2. The van der Waals surface area contributed by atoms with E-state index in [1.165, 1.54) is 33.0 Å². The molecule has 0 amide bonds. The van der Waals surface area contributed by atoms with E-state index < -0.39 is 0 Å². The number of hydrogen-bond acceptors (Lipinski definition) is 2. The summed E-state index contributed by atoms with van der Waals surface area (Å²) in [5, 5.41) is 2.42. The van der Waals surface area contributed by atoms with Gasteiger partial charge in [0.25, 0.3) is 0 Å². The lowest BCUT2D eigenvalue weighted by Gasteiger charge is -2.40. The number of fused-ring (bicyclic) bond motifs is 7. The fourth-order valence-corrected chi connectivity index (χ4v) is 8.46. The quantitative estimate of drug-likeness (QED) is 0.179. The Balaban J connectivity index is 1.14. The maximum atomic E-state index is 6.95. The average Bonchev–Trinajstić information content (AvgIpc) is 3.45. The Labute approximate surface area is 282 Å². The molecule has 5 aromatic carbocycles. The standard InChI is InChI=1S/C46H36O2/c1-30(28-31(2)36-22-13-15-32-14-9-10-20-37(32)36)33-24-26-41-43(29-33)48-45-42(47-41)27-25-40-44(45)38-21-11-12-23-39(38)46(40,34-16-5-3-6-17-34)35-18-7-4-8-19-35/h3,5-7,9-29,38-39H,2,4,8H2,1H3/b30-28+. The Kier molecular flexibility index (Phi) is 6.72. The van der Waals surface area contributed by atoms with Gasteiger partial charge in [-0.1, -0.05) is 140 Å². The molecule has 9 rings (SSSR count). The zero-order valence-electron chi connectivity index (χ0n) is 27.0. The van der Waals surface area contributed by atoms with E-state index in [1.807, 2.05) is 6.07 Å². The van der Waals surface area contributed by atoms with Crippen LogP contribution in [0.4, 0.5) is 0 Å². The molecule has 232 valence electrons. The van der Waals surface area contributed by atoms with Gasteiger partial charge < -0.3 is 9.47 Å². The molecule has 4 aliphatic rings. The summed E-state index contributed by atoms with van der Waals surface area (Å²) in [5.41, 5.74) is 9.16. The van der Waals surface area contributed by atoms with Crippen LogP contribution in [-0.2, 0) is 5.41 Å². The van der Waals surface area contributed by atoms with E-state index in [1.54, 1.807) is 0 Å². The maximum Gasteiger partial charge on any atom is 0.174 e. The van der Waals surface area contributed by atoms with E-state index in [-0.39, 0.29) is 17.3 Å². The van der Waals surface area contributed by atoms with Crippen LogP contribution in [0.15, 0.2) is 164 Å². The van der Waals surface area contributed by atoms with Gasteiger partial charge in [0.2, 0.25) is 0 Å². The number of ether oxygens (including phenoxy) is 2. The molecule has 0 fully saturated rings. The molecular weight excluding hydrogens is 585 g/mol. The minimum absolute atomic E-state index is 0.148. The molecule has 1 aliphatic heterocycles. The van der Waals surface area contributed by atoms with Crippen LogP contribution in [0.25, 0.3) is 21.9 Å². The highest BCUT2D eigenvalue weighted by molar-refractivity contribution is 5.97. The molecule has 3 atom stereocenters. The smallest absolute Gasteiger partial charge is 0.174 e. The third-order valence-corrected chi connectivity index (χ3v) is 10.6. The first-order chi connectivity index (χ1) is 23.6. The highest BCUT2D eigenvalue weighted by Crippen LogP contribution is 2.64. The number of rotatable bonds is 5. The molecule has 0 aromatic heterocycles.